The van der Waals surface area contributed by atoms with E-state index in [1.165, 1.54) is 4.88 Å². The Hall–Kier alpha value is -1.82. The average Bonchev–Trinajstić information content (AvgIpc) is 2.82. The Bertz CT molecular complexity index is 568. The van der Waals surface area contributed by atoms with Gasteiger partial charge in [-0.15, -0.1) is 11.3 Å². The maximum absolute atomic E-state index is 5.86. The highest BCUT2D eigenvalue weighted by molar-refractivity contribution is 7.11. The van der Waals surface area contributed by atoms with E-state index >= 15 is 0 Å². The zero-order valence-electron chi connectivity index (χ0n) is 12.0. The van der Waals surface area contributed by atoms with Gasteiger partial charge in [-0.2, -0.15) is 4.98 Å². The topological polar surface area (TPSA) is 73.1 Å². The van der Waals surface area contributed by atoms with E-state index < -0.39 is 0 Å². The van der Waals surface area contributed by atoms with Gasteiger partial charge >= 0.3 is 0 Å². The summed E-state index contributed by atoms with van der Waals surface area (Å²) < 4.78 is 5.61. The second-order valence-corrected chi connectivity index (χ2v) is 6.31. The van der Waals surface area contributed by atoms with Crippen LogP contribution in [-0.2, 0) is 6.54 Å². The number of anilines is 2. The van der Waals surface area contributed by atoms with Crippen molar-refractivity contribution in [1.29, 1.82) is 0 Å². The lowest BCUT2D eigenvalue weighted by molar-refractivity contribution is 0.263. The molecule has 0 atom stereocenters. The van der Waals surface area contributed by atoms with Gasteiger partial charge in [0.2, 0.25) is 5.88 Å². The maximum atomic E-state index is 5.86. The molecule has 0 spiro atoms. The quantitative estimate of drug-likeness (QED) is 0.856. The van der Waals surface area contributed by atoms with Crippen LogP contribution in [0.4, 0.5) is 11.5 Å². The molecule has 0 aromatic carbocycles. The van der Waals surface area contributed by atoms with Crippen LogP contribution in [0.2, 0.25) is 0 Å². The van der Waals surface area contributed by atoms with Crippen molar-refractivity contribution in [2.24, 2.45) is 5.92 Å². The summed E-state index contributed by atoms with van der Waals surface area (Å²) in [6, 6.07) is 3.66. The van der Waals surface area contributed by atoms with Crippen molar-refractivity contribution in [3.8, 4) is 5.88 Å². The summed E-state index contributed by atoms with van der Waals surface area (Å²) in [5, 5.41) is 4.32. The van der Waals surface area contributed by atoms with Crippen molar-refractivity contribution >= 4 is 22.8 Å². The molecule has 3 N–H and O–H groups in total. The van der Waals surface area contributed by atoms with Crippen molar-refractivity contribution < 1.29 is 4.74 Å². The molecular weight excluding hydrogens is 272 g/mol. The molecule has 0 saturated heterocycles. The van der Waals surface area contributed by atoms with E-state index in [4.69, 9.17) is 10.5 Å². The van der Waals surface area contributed by atoms with Crippen LogP contribution in [-0.4, -0.2) is 16.6 Å². The number of hydrogen-bond acceptors (Lipinski definition) is 6. The summed E-state index contributed by atoms with van der Waals surface area (Å²) in [4.78, 5) is 9.79. The molecule has 2 aromatic heterocycles. The largest absolute Gasteiger partial charge is 0.476 e. The smallest absolute Gasteiger partial charge is 0.239 e. The lowest BCUT2D eigenvalue weighted by atomic mass is 10.2. The fourth-order valence-corrected chi connectivity index (χ4v) is 2.31. The minimum absolute atomic E-state index is 0.438. The fourth-order valence-electron chi connectivity index (χ4n) is 1.58. The first-order chi connectivity index (χ1) is 9.54. The van der Waals surface area contributed by atoms with E-state index in [1.54, 1.807) is 11.3 Å². The molecule has 0 aliphatic rings. The minimum Gasteiger partial charge on any atom is -0.476 e. The van der Waals surface area contributed by atoms with Gasteiger partial charge < -0.3 is 15.8 Å². The van der Waals surface area contributed by atoms with Crippen molar-refractivity contribution in [2.75, 3.05) is 17.7 Å². The molecule has 0 aliphatic heterocycles. The summed E-state index contributed by atoms with van der Waals surface area (Å²) in [7, 11) is 0. The Morgan fingerprint density at radius 1 is 1.40 bits per heavy atom. The van der Waals surface area contributed by atoms with Crippen molar-refractivity contribution in [1.82, 2.24) is 9.97 Å². The Balaban J connectivity index is 1.99. The first-order valence-corrected chi connectivity index (χ1v) is 7.40. The van der Waals surface area contributed by atoms with Gasteiger partial charge in [0.15, 0.2) is 0 Å². The lowest BCUT2D eigenvalue weighted by Crippen LogP contribution is -2.09. The van der Waals surface area contributed by atoms with Crippen molar-refractivity contribution in [3.05, 3.63) is 28.2 Å². The van der Waals surface area contributed by atoms with Gasteiger partial charge in [0.25, 0.3) is 0 Å². The van der Waals surface area contributed by atoms with Gasteiger partial charge in [-0.3, -0.25) is 0 Å². The van der Waals surface area contributed by atoms with Gasteiger partial charge in [-0.25, -0.2) is 4.98 Å². The van der Waals surface area contributed by atoms with Gasteiger partial charge in [0.1, 0.15) is 5.82 Å². The van der Waals surface area contributed by atoms with Crippen LogP contribution < -0.4 is 15.8 Å². The third-order valence-electron chi connectivity index (χ3n) is 2.56. The predicted molar refractivity (Wildman–Crippen MR) is 83.2 cm³/mol. The monoisotopic (exact) mass is 292 g/mol. The SMILES string of the molecule is Cc1ncc(CNc2ccc(N)c(OCC(C)C)n2)s1. The average molecular weight is 292 g/mol. The summed E-state index contributed by atoms with van der Waals surface area (Å²) >= 11 is 1.67. The number of nitrogens with zero attached hydrogens (tertiary/aromatic N) is 2. The minimum atomic E-state index is 0.438. The molecule has 0 fully saturated rings. The van der Waals surface area contributed by atoms with Gasteiger partial charge in [-0.05, 0) is 25.0 Å². The van der Waals surface area contributed by atoms with Gasteiger partial charge in [-0.1, -0.05) is 13.8 Å². The Morgan fingerprint density at radius 2 is 2.20 bits per heavy atom. The van der Waals surface area contributed by atoms with E-state index in [0.29, 0.717) is 30.6 Å². The number of nitrogens with two attached hydrogens (primary N) is 1. The number of thiazole rings is 1. The molecule has 5 nitrogen and oxygen atoms in total. The molecule has 0 aliphatic carbocycles. The van der Waals surface area contributed by atoms with E-state index in [2.05, 4.69) is 29.1 Å². The van der Waals surface area contributed by atoms with Crippen LogP contribution in [0.1, 0.15) is 23.7 Å². The first kappa shape index (κ1) is 14.6. The highest BCUT2D eigenvalue weighted by Gasteiger charge is 2.06. The van der Waals surface area contributed by atoms with E-state index in [9.17, 15) is 0 Å². The molecule has 2 aromatic rings. The summed E-state index contributed by atoms with van der Waals surface area (Å²) in [5.74, 6) is 1.68. The molecule has 20 heavy (non-hydrogen) atoms. The molecule has 0 radical (unpaired) electrons. The maximum Gasteiger partial charge on any atom is 0.239 e. The molecule has 0 amide bonds. The molecule has 0 bridgehead atoms. The van der Waals surface area contributed by atoms with Crippen LogP contribution in [0.3, 0.4) is 0 Å². The highest BCUT2D eigenvalue weighted by atomic mass is 32.1. The molecule has 108 valence electrons. The second kappa shape index (κ2) is 6.56. The molecule has 2 rings (SSSR count). The standard InChI is InChI=1S/C14H20N4OS/c1-9(2)8-19-14-12(15)4-5-13(18-14)17-7-11-6-16-10(3)20-11/h4-6,9H,7-8,15H2,1-3H3,(H,17,18). The Kier molecular flexibility index (Phi) is 4.79. The Morgan fingerprint density at radius 3 is 2.85 bits per heavy atom. The Labute approximate surface area is 123 Å². The predicted octanol–water partition coefficient (Wildman–Crippen LogP) is 3.08. The highest BCUT2D eigenvalue weighted by Crippen LogP contribution is 2.22. The van der Waals surface area contributed by atoms with Crippen LogP contribution in [0.25, 0.3) is 0 Å². The number of pyridine rings is 1. The summed E-state index contributed by atoms with van der Waals surface area (Å²) in [6.07, 6.45) is 1.88. The number of ether oxygens (including phenoxy) is 1. The van der Waals surface area contributed by atoms with Crippen LogP contribution in [0, 0.1) is 12.8 Å². The number of aromatic nitrogens is 2. The first-order valence-electron chi connectivity index (χ1n) is 6.59. The zero-order chi connectivity index (χ0) is 14.5. The normalized spacial score (nSPS) is 10.8. The molecule has 6 heteroatoms. The lowest BCUT2D eigenvalue weighted by Gasteiger charge is -2.11. The molecular formula is C14H20N4OS. The molecule has 2 heterocycles. The zero-order valence-corrected chi connectivity index (χ0v) is 12.8. The third kappa shape index (κ3) is 4.09. The van der Waals surface area contributed by atoms with Crippen molar-refractivity contribution in [3.63, 3.8) is 0 Å². The van der Waals surface area contributed by atoms with Gasteiger partial charge in [0.05, 0.1) is 23.8 Å². The number of hydrogen-bond donors (Lipinski definition) is 2. The number of aryl methyl sites for hydroxylation is 1. The fraction of sp³-hybridized carbons (Fsp3) is 0.429. The second-order valence-electron chi connectivity index (χ2n) is 4.99. The number of rotatable bonds is 6. The van der Waals surface area contributed by atoms with Crippen LogP contribution in [0.15, 0.2) is 18.3 Å². The third-order valence-corrected chi connectivity index (χ3v) is 3.47. The van der Waals surface area contributed by atoms with E-state index in [0.717, 1.165) is 10.8 Å². The number of nitrogens with one attached hydrogen (secondary N) is 1. The number of nitrogen functional groups attached to an aromatic ring is 1. The molecule has 0 unspecified atom stereocenters. The van der Waals surface area contributed by atoms with Crippen LogP contribution in [0.5, 0.6) is 5.88 Å². The van der Waals surface area contributed by atoms with Gasteiger partial charge in [0, 0.05) is 11.1 Å². The van der Waals surface area contributed by atoms with E-state index in [1.807, 2.05) is 25.3 Å². The van der Waals surface area contributed by atoms with E-state index in [-0.39, 0.29) is 0 Å². The van der Waals surface area contributed by atoms with Crippen LogP contribution >= 0.6 is 11.3 Å². The summed E-state index contributed by atoms with van der Waals surface area (Å²) in [6.45, 7) is 7.48. The summed E-state index contributed by atoms with van der Waals surface area (Å²) in [5.41, 5.74) is 6.42. The molecule has 0 saturated carbocycles. The van der Waals surface area contributed by atoms with Crippen molar-refractivity contribution in [2.45, 2.75) is 27.3 Å².